The topological polar surface area (TPSA) is 44.9 Å². The van der Waals surface area contributed by atoms with Crippen LogP contribution in [0.25, 0.3) is 10.9 Å². The lowest BCUT2D eigenvalue weighted by atomic mass is 10.2. The molecule has 3 aromatic rings. The van der Waals surface area contributed by atoms with Gasteiger partial charge in [0.05, 0.1) is 12.1 Å². The normalized spacial score (nSPS) is 10.8. The van der Waals surface area contributed by atoms with Crippen molar-refractivity contribution >= 4 is 50.3 Å². The fraction of sp³-hybridized carbons (Fsp3) is 0.0714. The molecular weight excluding hydrogens is 324 g/mol. The third kappa shape index (κ3) is 2.43. The van der Waals surface area contributed by atoms with Crippen molar-refractivity contribution < 1.29 is 4.79 Å². The van der Waals surface area contributed by atoms with Gasteiger partial charge in [0.1, 0.15) is 5.82 Å². The standard InChI is InChI=1S/C14H11BrN2OS/c15-9-5-10(19-8-9)6-16-14-12(7-18)11-3-1-2-4-13(11)17-14/h1-5,7-8,16-17H,6H2. The van der Waals surface area contributed by atoms with Gasteiger partial charge in [-0.1, -0.05) is 18.2 Å². The molecule has 0 bridgehead atoms. The highest BCUT2D eigenvalue weighted by molar-refractivity contribution is 9.10. The molecule has 2 N–H and O–H groups in total. The van der Waals surface area contributed by atoms with Crippen LogP contribution in [0.1, 0.15) is 15.2 Å². The van der Waals surface area contributed by atoms with Gasteiger partial charge in [-0.15, -0.1) is 11.3 Å². The Bertz CT molecular complexity index is 732. The van der Waals surface area contributed by atoms with Crippen molar-refractivity contribution in [2.75, 3.05) is 5.32 Å². The van der Waals surface area contributed by atoms with Crippen molar-refractivity contribution in [1.29, 1.82) is 0 Å². The van der Waals surface area contributed by atoms with Gasteiger partial charge >= 0.3 is 0 Å². The molecule has 2 aromatic heterocycles. The van der Waals surface area contributed by atoms with Crippen molar-refractivity contribution in [3.63, 3.8) is 0 Å². The lowest BCUT2D eigenvalue weighted by molar-refractivity contribution is 0.112. The minimum Gasteiger partial charge on any atom is -0.366 e. The van der Waals surface area contributed by atoms with E-state index in [1.54, 1.807) is 11.3 Å². The molecule has 0 unspecified atom stereocenters. The summed E-state index contributed by atoms with van der Waals surface area (Å²) in [5.41, 5.74) is 1.66. The van der Waals surface area contributed by atoms with E-state index in [4.69, 9.17) is 0 Å². The molecule has 0 amide bonds. The van der Waals surface area contributed by atoms with E-state index in [1.165, 1.54) is 4.88 Å². The first-order chi connectivity index (χ1) is 9.28. The number of hydrogen-bond acceptors (Lipinski definition) is 3. The smallest absolute Gasteiger partial charge is 0.154 e. The average molecular weight is 335 g/mol. The third-order valence-corrected chi connectivity index (χ3v) is 4.62. The van der Waals surface area contributed by atoms with Crippen molar-refractivity contribution in [1.82, 2.24) is 4.98 Å². The van der Waals surface area contributed by atoms with Gasteiger partial charge in [-0.2, -0.15) is 0 Å². The highest BCUT2D eigenvalue weighted by Gasteiger charge is 2.10. The van der Waals surface area contributed by atoms with Crippen molar-refractivity contribution in [3.8, 4) is 0 Å². The summed E-state index contributed by atoms with van der Waals surface area (Å²) in [5, 5.41) is 6.28. The highest BCUT2D eigenvalue weighted by atomic mass is 79.9. The number of halogens is 1. The third-order valence-electron chi connectivity index (χ3n) is 2.93. The maximum atomic E-state index is 11.3. The summed E-state index contributed by atoms with van der Waals surface area (Å²) in [6, 6.07) is 9.87. The van der Waals surface area contributed by atoms with Gasteiger partial charge < -0.3 is 10.3 Å². The average Bonchev–Trinajstić information content (AvgIpc) is 2.99. The van der Waals surface area contributed by atoms with Crippen LogP contribution in [0.4, 0.5) is 5.82 Å². The Morgan fingerprint density at radius 3 is 2.95 bits per heavy atom. The first-order valence-corrected chi connectivity index (χ1v) is 7.48. The minimum absolute atomic E-state index is 0.686. The molecule has 19 heavy (non-hydrogen) atoms. The maximum absolute atomic E-state index is 11.3. The number of carbonyl (C=O) groups excluding carboxylic acids is 1. The molecule has 0 aliphatic heterocycles. The monoisotopic (exact) mass is 334 g/mol. The Hall–Kier alpha value is -1.59. The summed E-state index contributed by atoms with van der Waals surface area (Å²) in [7, 11) is 0. The van der Waals surface area contributed by atoms with E-state index in [2.05, 4.69) is 32.3 Å². The number of aromatic amines is 1. The lowest BCUT2D eigenvalue weighted by Gasteiger charge is -2.02. The number of benzene rings is 1. The summed E-state index contributed by atoms with van der Waals surface area (Å²) in [5.74, 6) is 0.778. The van der Waals surface area contributed by atoms with Gasteiger partial charge in [-0.25, -0.2) is 0 Å². The van der Waals surface area contributed by atoms with Crippen LogP contribution in [0.15, 0.2) is 40.2 Å². The van der Waals surface area contributed by atoms with Crippen LogP contribution in [0.3, 0.4) is 0 Å². The van der Waals surface area contributed by atoms with Crippen molar-refractivity contribution in [3.05, 3.63) is 50.6 Å². The molecule has 0 saturated heterocycles. The number of fused-ring (bicyclic) bond motifs is 1. The zero-order valence-electron chi connectivity index (χ0n) is 9.94. The Morgan fingerprint density at radius 1 is 1.37 bits per heavy atom. The van der Waals surface area contributed by atoms with Crippen LogP contribution in [0.2, 0.25) is 0 Å². The largest absolute Gasteiger partial charge is 0.366 e. The van der Waals surface area contributed by atoms with Gasteiger partial charge in [-0.3, -0.25) is 4.79 Å². The molecular formula is C14H11BrN2OS. The minimum atomic E-state index is 0.686. The van der Waals surface area contributed by atoms with Crippen LogP contribution in [-0.2, 0) is 6.54 Å². The molecule has 0 aliphatic rings. The lowest BCUT2D eigenvalue weighted by Crippen LogP contribution is -1.99. The molecule has 5 heteroatoms. The number of thiophene rings is 1. The Labute approximate surface area is 122 Å². The zero-order chi connectivity index (χ0) is 13.2. The number of nitrogens with one attached hydrogen (secondary N) is 2. The van der Waals surface area contributed by atoms with Crippen LogP contribution in [-0.4, -0.2) is 11.3 Å². The Morgan fingerprint density at radius 2 is 2.21 bits per heavy atom. The summed E-state index contributed by atoms with van der Waals surface area (Å²) in [4.78, 5) is 15.7. The van der Waals surface area contributed by atoms with Crippen LogP contribution in [0, 0.1) is 0 Å². The first kappa shape index (κ1) is 12.4. The molecule has 2 heterocycles. The van der Waals surface area contributed by atoms with Gasteiger partial charge in [0, 0.05) is 25.6 Å². The molecule has 96 valence electrons. The van der Waals surface area contributed by atoms with Crippen LogP contribution in [0.5, 0.6) is 0 Å². The second-order valence-corrected chi connectivity index (χ2v) is 6.07. The SMILES string of the molecule is O=Cc1c(NCc2cc(Br)cs2)[nH]c2ccccc12. The van der Waals surface area contributed by atoms with E-state index in [-0.39, 0.29) is 0 Å². The molecule has 1 aromatic carbocycles. The maximum Gasteiger partial charge on any atom is 0.154 e. The van der Waals surface area contributed by atoms with Gasteiger partial charge in [0.15, 0.2) is 6.29 Å². The van der Waals surface area contributed by atoms with E-state index >= 15 is 0 Å². The number of aldehydes is 1. The molecule has 3 rings (SSSR count). The first-order valence-electron chi connectivity index (χ1n) is 5.80. The Balaban J connectivity index is 1.90. The molecule has 0 atom stereocenters. The number of rotatable bonds is 4. The fourth-order valence-corrected chi connectivity index (χ4v) is 3.44. The Kier molecular flexibility index (Phi) is 3.40. The number of carbonyl (C=O) groups is 1. The van der Waals surface area contributed by atoms with E-state index in [0.717, 1.165) is 27.5 Å². The second-order valence-electron chi connectivity index (χ2n) is 4.16. The fourth-order valence-electron chi connectivity index (χ4n) is 2.05. The predicted molar refractivity (Wildman–Crippen MR) is 83.0 cm³/mol. The summed E-state index contributed by atoms with van der Waals surface area (Å²) >= 11 is 5.11. The summed E-state index contributed by atoms with van der Waals surface area (Å²) in [6.45, 7) is 0.698. The number of H-pyrrole nitrogens is 1. The van der Waals surface area contributed by atoms with Crippen LogP contribution >= 0.6 is 27.3 Å². The van der Waals surface area contributed by atoms with Gasteiger partial charge in [-0.05, 0) is 28.1 Å². The van der Waals surface area contributed by atoms with E-state index in [0.29, 0.717) is 12.1 Å². The van der Waals surface area contributed by atoms with E-state index < -0.39 is 0 Å². The predicted octanol–water partition coefficient (Wildman–Crippen LogP) is 4.42. The molecule has 0 aliphatic carbocycles. The number of anilines is 1. The zero-order valence-corrected chi connectivity index (χ0v) is 12.3. The molecule has 0 radical (unpaired) electrons. The number of para-hydroxylation sites is 1. The number of hydrogen-bond donors (Lipinski definition) is 2. The summed E-state index contributed by atoms with van der Waals surface area (Å²) in [6.07, 6.45) is 0.894. The van der Waals surface area contributed by atoms with Crippen LogP contribution < -0.4 is 5.32 Å². The molecule has 0 spiro atoms. The quantitative estimate of drug-likeness (QED) is 0.694. The van der Waals surface area contributed by atoms with E-state index in [9.17, 15) is 4.79 Å². The van der Waals surface area contributed by atoms with Crippen molar-refractivity contribution in [2.24, 2.45) is 0 Å². The second kappa shape index (κ2) is 5.19. The molecule has 0 saturated carbocycles. The van der Waals surface area contributed by atoms with Gasteiger partial charge in [0.2, 0.25) is 0 Å². The summed E-state index contributed by atoms with van der Waals surface area (Å²) < 4.78 is 1.08. The molecule has 3 nitrogen and oxygen atoms in total. The van der Waals surface area contributed by atoms with Gasteiger partial charge in [0.25, 0.3) is 0 Å². The van der Waals surface area contributed by atoms with Crippen molar-refractivity contribution in [2.45, 2.75) is 6.54 Å². The van der Waals surface area contributed by atoms with E-state index in [1.807, 2.05) is 29.6 Å². The highest BCUT2D eigenvalue weighted by Crippen LogP contribution is 2.26. The molecule has 0 fully saturated rings. The number of aromatic nitrogens is 1.